The molecule has 0 radical (unpaired) electrons. The van der Waals surface area contributed by atoms with Crippen molar-refractivity contribution < 1.29 is 19.1 Å². The zero-order chi connectivity index (χ0) is 20.4. The van der Waals surface area contributed by atoms with Crippen LogP contribution in [-0.2, 0) is 22.5 Å². The highest BCUT2D eigenvalue weighted by molar-refractivity contribution is 7.15. The number of hydrogen-bond acceptors (Lipinski definition) is 6. The lowest BCUT2D eigenvalue weighted by molar-refractivity contribution is -0.124. The minimum atomic E-state index is -0.397. The molecular weight excluding hydrogens is 416 g/mol. The van der Waals surface area contributed by atoms with Crippen LogP contribution in [0.1, 0.15) is 23.4 Å². The molecule has 1 aromatic heterocycles. The molecule has 154 valence electrons. The Morgan fingerprint density at radius 3 is 3.00 bits per heavy atom. The number of hydrogen-bond donors (Lipinski definition) is 2. The van der Waals surface area contributed by atoms with E-state index in [0.717, 1.165) is 23.4 Å². The van der Waals surface area contributed by atoms with Crippen molar-refractivity contribution in [2.24, 2.45) is 0 Å². The molecule has 8 nitrogen and oxygen atoms in total. The molecule has 1 fully saturated rings. The molecule has 3 amide bonds. The van der Waals surface area contributed by atoms with E-state index in [9.17, 15) is 9.59 Å². The number of anilines is 2. The summed E-state index contributed by atoms with van der Waals surface area (Å²) < 4.78 is 10.7. The largest absolute Gasteiger partial charge is 0.495 e. The van der Waals surface area contributed by atoms with Crippen molar-refractivity contribution in [3.8, 4) is 5.75 Å². The van der Waals surface area contributed by atoms with Crippen molar-refractivity contribution in [1.29, 1.82) is 0 Å². The van der Waals surface area contributed by atoms with Gasteiger partial charge < -0.3 is 19.7 Å². The van der Waals surface area contributed by atoms with Crippen LogP contribution in [0.3, 0.4) is 0 Å². The van der Waals surface area contributed by atoms with Gasteiger partial charge in [-0.25, -0.2) is 9.78 Å². The molecule has 3 heterocycles. The van der Waals surface area contributed by atoms with Crippen LogP contribution in [0, 0.1) is 0 Å². The fourth-order valence-corrected chi connectivity index (χ4v) is 4.56. The van der Waals surface area contributed by atoms with Crippen LogP contribution in [0.4, 0.5) is 15.6 Å². The molecule has 2 aromatic rings. The number of rotatable bonds is 4. The molecule has 1 saturated heterocycles. The maximum Gasteiger partial charge on any atom is 0.322 e. The molecule has 2 N–H and O–H groups in total. The van der Waals surface area contributed by atoms with Gasteiger partial charge in [0.2, 0.25) is 0 Å². The van der Waals surface area contributed by atoms with Crippen molar-refractivity contribution in [3.05, 3.63) is 33.8 Å². The molecule has 0 bridgehead atoms. The Labute approximate surface area is 177 Å². The van der Waals surface area contributed by atoms with E-state index in [2.05, 4.69) is 15.6 Å². The number of aromatic nitrogens is 1. The van der Waals surface area contributed by atoms with E-state index in [1.165, 1.54) is 18.4 Å². The lowest BCUT2D eigenvalue weighted by atomic mass is 10.2. The number of methoxy groups -OCH3 is 1. The van der Waals surface area contributed by atoms with Crippen molar-refractivity contribution in [3.63, 3.8) is 0 Å². The number of halogens is 1. The molecule has 4 rings (SSSR count). The predicted molar refractivity (Wildman–Crippen MR) is 111 cm³/mol. The Morgan fingerprint density at radius 1 is 1.38 bits per heavy atom. The average molecular weight is 437 g/mol. The summed E-state index contributed by atoms with van der Waals surface area (Å²) in [6.45, 7) is 1.58. The number of ether oxygens (including phenoxy) is 2. The van der Waals surface area contributed by atoms with E-state index >= 15 is 0 Å². The number of benzene rings is 1. The number of nitrogens with one attached hydrogen (secondary N) is 2. The van der Waals surface area contributed by atoms with Crippen molar-refractivity contribution in [1.82, 2.24) is 9.88 Å². The van der Waals surface area contributed by atoms with Gasteiger partial charge in [0.05, 0.1) is 25.0 Å². The first-order valence-electron chi connectivity index (χ1n) is 9.34. The van der Waals surface area contributed by atoms with Gasteiger partial charge in [-0.15, -0.1) is 0 Å². The van der Waals surface area contributed by atoms with Crippen LogP contribution in [0.2, 0.25) is 5.02 Å². The van der Waals surface area contributed by atoms with E-state index in [-0.39, 0.29) is 11.9 Å². The van der Waals surface area contributed by atoms with E-state index < -0.39 is 6.10 Å². The molecule has 0 spiro atoms. The van der Waals surface area contributed by atoms with Crippen molar-refractivity contribution >= 4 is 45.7 Å². The fourth-order valence-electron chi connectivity index (χ4n) is 3.36. The first-order valence-corrected chi connectivity index (χ1v) is 10.5. The van der Waals surface area contributed by atoms with Gasteiger partial charge in [-0.3, -0.25) is 10.1 Å². The van der Waals surface area contributed by atoms with Gasteiger partial charge in [0.25, 0.3) is 5.91 Å². The van der Waals surface area contributed by atoms with Gasteiger partial charge in [-0.1, -0.05) is 22.9 Å². The molecule has 29 heavy (non-hydrogen) atoms. The average Bonchev–Trinajstić information content (AvgIpc) is 3.37. The standard InChI is InChI=1S/C19H21ClN4O4S/c1-27-14-5-4-11(20)9-13(14)22-19(26)24-7-6-12-16(10-24)29-18(21-12)23-17(25)15-3-2-8-28-15/h4-5,9,15H,2-3,6-8,10H2,1H3,(H,22,26)(H,21,23,25)/t15-/m0/s1. The van der Waals surface area contributed by atoms with Crippen LogP contribution >= 0.6 is 22.9 Å². The van der Waals surface area contributed by atoms with Gasteiger partial charge in [0.1, 0.15) is 11.9 Å². The first-order chi connectivity index (χ1) is 14.0. The second-order valence-corrected chi connectivity index (χ2v) is 8.35. The number of amides is 3. The van der Waals surface area contributed by atoms with E-state index in [1.807, 2.05) is 0 Å². The summed E-state index contributed by atoms with van der Waals surface area (Å²) in [5.74, 6) is 0.383. The Morgan fingerprint density at radius 2 is 2.24 bits per heavy atom. The van der Waals surface area contributed by atoms with Gasteiger partial charge in [-0.2, -0.15) is 0 Å². The number of thiazole rings is 1. The molecule has 1 aromatic carbocycles. The molecular formula is C19H21ClN4O4S. The van der Waals surface area contributed by atoms with E-state index in [4.69, 9.17) is 21.1 Å². The third kappa shape index (κ3) is 4.47. The monoisotopic (exact) mass is 436 g/mol. The van der Waals surface area contributed by atoms with Gasteiger partial charge >= 0.3 is 6.03 Å². The Balaban J connectivity index is 1.40. The third-order valence-electron chi connectivity index (χ3n) is 4.87. The first kappa shape index (κ1) is 19.9. The second-order valence-electron chi connectivity index (χ2n) is 6.83. The molecule has 2 aliphatic heterocycles. The highest BCUT2D eigenvalue weighted by atomic mass is 35.5. The summed E-state index contributed by atoms with van der Waals surface area (Å²) >= 11 is 7.42. The lowest BCUT2D eigenvalue weighted by Crippen LogP contribution is -2.38. The molecule has 0 unspecified atom stereocenters. The summed E-state index contributed by atoms with van der Waals surface area (Å²) in [5, 5.41) is 6.75. The maximum atomic E-state index is 12.7. The summed E-state index contributed by atoms with van der Waals surface area (Å²) in [4.78, 5) is 32.1. The second kappa shape index (κ2) is 8.56. The van der Waals surface area contributed by atoms with Crippen LogP contribution in [0.15, 0.2) is 18.2 Å². The number of carbonyl (C=O) groups is 2. The van der Waals surface area contributed by atoms with Gasteiger partial charge in [0.15, 0.2) is 5.13 Å². The lowest BCUT2D eigenvalue weighted by Gasteiger charge is -2.26. The van der Waals surface area contributed by atoms with Crippen LogP contribution in [0.5, 0.6) is 5.75 Å². The Kier molecular flexibility index (Phi) is 5.89. The molecule has 2 aliphatic rings. The van der Waals surface area contributed by atoms with Crippen LogP contribution in [-0.4, -0.2) is 48.2 Å². The number of urea groups is 1. The highest BCUT2D eigenvalue weighted by Gasteiger charge is 2.27. The predicted octanol–water partition coefficient (Wildman–Crippen LogP) is 3.51. The number of carbonyl (C=O) groups excluding carboxylic acids is 2. The fraction of sp³-hybridized carbons (Fsp3) is 0.421. The minimum Gasteiger partial charge on any atom is -0.495 e. The molecule has 0 saturated carbocycles. The molecule has 0 aliphatic carbocycles. The smallest absolute Gasteiger partial charge is 0.322 e. The topological polar surface area (TPSA) is 92.8 Å². The summed E-state index contributed by atoms with van der Waals surface area (Å²) in [6.07, 6.45) is 1.86. The quantitative estimate of drug-likeness (QED) is 0.765. The maximum absolute atomic E-state index is 12.7. The molecule has 1 atom stereocenters. The minimum absolute atomic E-state index is 0.156. The van der Waals surface area contributed by atoms with E-state index in [1.54, 1.807) is 23.1 Å². The normalized spacial score (nSPS) is 18.3. The molecule has 10 heteroatoms. The van der Waals surface area contributed by atoms with Crippen LogP contribution in [0.25, 0.3) is 0 Å². The number of nitrogens with zero attached hydrogens (tertiary/aromatic N) is 2. The summed E-state index contributed by atoms with van der Waals surface area (Å²) in [7, 11) is 1.54. The van der Waals surface area contributed by atoms with E-state index in [0.29, 0.717) is 47.7 Å². The Hall–Kier alpha value is -2.36. The van der Waals surface area contributed by atoms with Crippen molar-refractivity contribution in [2.75, 3.05) is 30.9 Å². The summed E-state index contributed by atoms with van der Waals surface area (Å²) in [5.41, 5.74) is 1.44. The summed E-state index contributed by atoms with van der Waals surface area (Å²) in [6, 6.07) is 4.82. The Bertz CT molecular complexity index is 929. The SMILES string of the molecule is COc1ccc(Cl)cc1NC(=O)N1CCc2nc(NC(=O)[C@@H]3CCCO3)sc2C1. The highest BCUT2D eigenvalue weighted by Crippen LogP contribution is 2.31. The third-order valence-corrected chi connectivity index (χ3v) is 6.11. The zero-order valence-electron chi connectivity index (χ0n) is 15.9. The zero-order valence-corrected chi connectivity index (χ0v) is 17.4. The van der Waals surface area contributed by atoms with Gasteiger partial charge in [0, 0.05) is 29.5 Å². The van der Waals surface area contributed by atoms with Crippen molar-refractivity contribution in [2.45, 2.75) is 31.9 Å². The van der Waals surface area contributed by atoms with Crippen LogP contribution < -0.4 is 15.4 Å². The van der Waals surface area contributed by atoms with Gasteiger partial charge in [-0.05, 0) is 31.0 Å². The number of fused-ring (bicyclic) bond motifs is 1.